The molecular weight excluding hydrogens is 330 g/mol. The maximum atomic E-state index is 4.40. The lowest BCUT2D eigenvalue weighted by atomic mass is 10.1. The number of H-pyrrole nitrogens is 1. The van der Waals surface area contributed by atoms with Crippen molar-refractivity contribution in [2.75, 3.05) is 5.32 Å². The zero-order valence-corrected chi connectivity index (χ0v) is 12.4. The minimum Gasteiger partial charge on any atom is -0.352 e. The van der Waals surface area contributed by atoms with Gasteiger partial charge in [-0.2, -0.15) is 0 Å². The Bertz CT molecular complexity index is 947. The summed E-state index contributed by atoms with van der Waals surface area (Å²) in [5.74, 6) is 0. The van der Waals surface area contributed by atoms with E-state index >= 15 is 0 Å². The molecule has 2 aromatic heterocycles. The van der Waals surface area contributed by atoms with Crippen LogP contribution >= 0.6 is 15.9 Å². The average molecular weight is 340 g/mol. The van der Waals surface area contributed by atoms with Crippen LogP contribution in [0.1, 0.15) is 0 Å². The van der Waals surface area contributed by atoms with Crippen molar-refractivity contribution >= 4 is 49.2 Å². The molecule has 4 rings (SSSR count). The van der Waals surface area contributed by atoms with E-state index in [0.29, 0.717) is 0 Å². The largest absolute Gasteiger partial charge is 0.352 e. The van der Waals surface area contributed by atoms with E-state index in [1.165, 1.54) is 0 Å². The Morgan fingerprint density at radius 1 is 1.10 bits per heavy atom. The van der Waals surface area contributed by atoms with Gasteiger partial charge in [0.1, 0.15) is 11.8 Å². The molecule has 0 saturated heterocycles. The van der Waals surface area contributed by atoms with E-state index in [0.717, 1.165) is 37.8 Å². The van der Waals surface area contributed by atoms with Crippen LogP contribution in [0.3, 0.4) is 0 Å². The highest BCUT2D eigenvalue weighted by molar-refractivity contribution is 9.10. The lowest BCUT2D eigenvalue weighted by Crippen LogP contribution is -1.95. The third kappa shape index (κ3) is 2.13. The third-order valence-corrected chi connectivity index (χ3v) is 3.77. The molecule has 0 radical (unpaired) electrons. The molecule has 0 fully saturated rings. The predicted octanol–water partition coefficient (Wildman–Crippen LogP) is 4.01. The number of nitrogens with one attached hydrogen (secondary N) is 2. The van der Waals surface area contributed by atoms with Gasteiger partial charge in [0, 0.05) is 21.7 Å². The molecule has 102 valence electrons. The first-order valence-corrected chi connectivity index (χ1v) is 7.19. The number of nitrogens with zero attached hydrogens (tertiary/aromatic N) is 3. The Hall–Kier alpha value is -2.47. The van der Waals surface area contributed by atoms with Crippen molar-refractivity contribution in [2.24, 2.45) is 0 Å². The molecule has 21 heavy (non-hydrogen) atoms. The first kappa shape index (κ1) is 12.3. The van der Waals surface area contributed by atoms with E-state index < -0.39 is 0 Å². The van der Waals surface area contributed by atoms with Gasteiger partial charge in [-0.25, -0.2) is 15.0 Å². The fourth-order valence-corrected chi connectivity index (χ4v) is 2.76. The van der Waals surface area contributed by atoms with Gasteiger partial charge in [-0.3, -0.25) is 0 Å². The molecule has 0 bridgehead atoms. The normalized spacial score (nSPS) is 11.1. The van der Waals surface area contributed by atoms with Crippen LogP contribution in [0.25, 0.3) is 21.9 Å². The van der Waals surface area contributed by atoms with Crippen molar-refractivity contribution in [1.82, 2.24) is 19.9 Å². The Labute approximate surface area is 128 Å². The van der Waals surface area contributed by atoms with Gasteiger partial charge >= 0.3 is 0 Å². The summed E-state index contributed by atoms with van der Waals surface area (Å²) < 4.78 is 1.01. The molecule has 5 nitrogen and oxygen atoms in total. The maximum Gasteiger partial charge on any atom is 0.116 e. The molecule has 0 aliphatic carbocycles. The summed E-state index contributed by atoms with van der Waals surface area (Å²) in [6.45, 7) is 0. The first-order chi connectivity index (χ1) is 10.3. The van der Waals surface area contributed by atoms with Gasteiger partial charge < -0.3 is 10.3 Å². The second-order valence-corrected chi connectivity index (χ2v) is 5.56. The standard InChI is InChI=1S/C15H10BrN5/c16-10-2-1-3-11(5-10)21-15-13-9(6-17-7-19-13)4-12-14(15)20-8-18-12/h1-8,21H,(H,18,20). The Balaban J connectivity index is 1.97. The molecule has 0 aliphatic rings. The number of hydrogen-bond donors (Lipinski definition) is 2. The molecule has 0 saturated carbocycles. The molecule has 2 heterocycles. The number of fused-ring (bicyclic) bond motifs is 2. The highest BCUT2D eigenvalue weighted by Gasteiger charge is 2.11. The quantitative estimate of drug-likeness (QED) is 0.579. The van der Waals surface area contributed by atoms with Gasteiger partial charge in [0.2, 0.25) is 0 Å². The van der Waals surface area contributed by atoms with Crippen molar-refractivity contribution in [3.63, 3.8) is 0 Å². The smallest absolute Gasteiger partial charge is 0.116 e. The number of hydrogen-bond acceptors (Lipinski definition) is 4. The van der Waals surface area contributed by atoms with E-state index in [1.807, 2.05) is 30.3 Å². The van der Waals surface area contributed by atoms with E-state index in [2.05, 4.69) is 41.2 Å². The Morgan fingerprint density at radius 2 is 2.05 bits per heavy atom. The van der Waals surface area contributed by atoms with Gasteiger partial charge in [0.15, 0.2) is 0 Å². The SMILES string of the molecule is Brc1cccc(Nc2c3ncncc3cc3[nH]cnc23)c1. The third-order valence-electron chi connectivity index (χ3n) is 3.28. The monoisotopic (exact) mass is 339 g/mol. The molecule has 0 atom stereocenters. The van der Waals surface area contributed by atoms with Crippen LogP contribution in [0.15, 0.2) is 53.7 Å². The van der Waals surface area contributed by atoms with E-state index in [1.54, 1.807) is 18.9 Å². The van der Waals surface area contributed by atoms with Gasteiger partial charge in [0.25, 0.3) is 0 Å². The van der Waals surface area contributed by atoms with E-state index in [4.69, 9.17) is 0 Å². The van der Waals surface area contributed by atoms with Crippen LogP contribution in [0, 0.1) is 0 Å². The number of anilines is 2. The minimum atomic E-state index is 0.851. The van der Waals surface area contributed by atoms with Crippen LogP contribution in [-0.4, -0.2) is 19.9 Å². The second kappa shape index (κ2) is 4.82. The molecule has 0 amide bonds. The molecule has 0 unspecified atom stereocenters. The summed E-state index contributed by atoms with van der Waals surface area (Å²) in [6.07, 6.45) is 5.03. The van der Waals surface area contributed by atoms with Crippen LogP contribution in [-0.2, 0) is 0 Å². The molecule has 6 heteroatoms. The zero-order chi connectivity index (χ0) is 14.2. The second-order valence-electron chi connectivity index (χ2n) is 4.65. The Morgan fingerprint density at radius 3 is 2.95 bits per heavy atom. The highest BCUT2D eigenvalue weighted by atomic mass is 79.9. The molecule has 4 aromatic rings. The van der Waals surface area contributed by atoms with E-state index in [-0.39, 0.29) is 0 Å². The predicted molar refractivity (Wildman–Crippen MR) is 86.6 cm³/mol. The average Bonchev–Trinajstić information content (AvgIpc) is 2.95. The lowest BCUT2D eigenvalue weighted by Gasteiger charge is -2.10. The van der Waals surface area contributed by atoms with Gasteiger partial charge in [0.05, 0.1) is 23.0 Å². The molecule has 0 spiro atoms. The molecule has 2 N–H and O–H groups in total. The number of imidazole rings is 1. The van der Waals surface area contributed by atoms with Crippen molar-refractivity contribution < 1.29 is 0 Å². The Kier molecular flexibility index (Phi) is 2.82. The highest BCUT2D eigenvalue weighted by Crippen LogP contribution is 2.32. The lowest BCUT2D eigenvalue weighted by molar-refractivity contribution is 1.22. The summed E-state index contributed by atoms with van der Waals surface area (Å²) in [5, 5.41) is 4.38. The van der Waals surface area contributed by atoms with Crippen molar-refractivity contribution in [3.05, 3.63) is 53.7 Å². The summed E-state index contributed by atoms with van der Waals surface area (Å²) >= 11 is 3.48. The first-order valence-electron chi connectivity index (χ1n) is 6.40. The molecule has 2 aromatic carbocycles. The molecule has 0 aliphatic heterocycles. The zero-order valence-electron chi connectivity index (χ0n) is 10.8. The minimum absolute atomic E-state index is 0.851. The summed E-state index contributed by atoms with van der Waals surface area (Å²) in [4.78, 5) is 16.0. The molecular formula is C15H10BrN5. The number of benzene rings is 2. The van der Waals surface area contributed by atoms with Crippen LogP contribution < -0.4 is 5.32 Å². The van der Waals surface area contributed by atoms with E-state index in [9.17, 15) is 0 Å². The van der Waals surface area contributed by atoms with Crippen LogP contribution in [0.2, 0.25) is 0 Å². The summed E-state index contributed by atoms with van der Waals surface area (Å²) in [7, 11) is 0. The fraction of sp³-hybridized carbons (Fsp3) is 0. The van der Waals surface area contributed by atoms with Crippen molar-refractivity contribution in [2.45, 2.75) is 0 Å². The number of rotatable bonds is 2. The van der Waals surface area contributed by atoms with Gasteiger partial charge in [-0.15, -0.1) is 0 Å². The van der Waals surface area contributed by atoms with Gasteiger partial charge in [-0.1, -0.05) is 22.0 Å². The number of aromatic nitrogens is 4. The summed E-state index contributed by atoms with van der Waals surface area (Å²) in [5.41, 5.74) is 4.52. The maximum absolute atomic E-state index is 4.40. The van der Waals surface area contributed by atoms with Crippen molar-refractivity contribution in [3.8, 4) is 0 Å². The fourth-order valence-electron chi connectivity index (χ4n) is 2.37. The van der Waals surface area contributed by atoms with Crippen molar-refractivity contribution in [1.29, 1.82) is 0 Å². The van der Waals surface area contributed by atoms with Crippen LogP contribution in [0.5, 0.6) is 0 Å². The number of aromatic amines is 1. The van der Waals surface area contributed by atoms with Gasteiger partial charge in [-0.05, 0) is 24.3 Å². The number of halogens is 1. The summed E-state index contributed by atoms with van der Waals surface area (Å²) in [6, 6.07) is 9.99. The van der Waals surface area contributed by atoms with Crippen LogP contribution in [0.4, 0.5) is 11.4 Å². The topological polar surface area (TPSA) is 66.5 Å².